The summed E-state index contributed by atoms with van der Waals surface area (Å²) in [6, 6.07) is 19.2. The second-order valence-corrected chi connectivity index (χ2v) is 12.6. The Morgan fingerprint density at radius 2 is 1.83 bits per heavy atom. The second kappa shape index (κ2) is 9.83. The predicted octanol–water partition coefficient (Wildman–Crippen LogP) is 4.66. The quantitative estimate of drug-likeness (QED) is 0.566. The van der Waals surface area contributed by atoms with Gasteiger partial charge in [-0.1, -0.05) is 56.3 Å². The van der Waals surface area contributed by atoms with Crippen LogP contribution in [-0.2, 0) is 17.8 Å². The third-order valence-corrected chi connectivity index (χ3v) is 8.30. The molecule has 1 saturated carbocycles. The Bertz CT molecular complexity index is 1050. The van der Waals surface area contributed by atoms with E-state index in [9.17, 15) is 4.79 Å². The largest absolute Gasteiger partial charge is 0.488 e. The molecule has 0 spiro atoms. The lowest BCUT2D eigenvalue weighted by Crippen LogP contribution is -2.76. The van der Waals surface area contributed by atoms with Crippen molar-refractivity contribution < 1.29 is 9.53 Å². The number of rotatable bonds is 8. The van der Waals surface area contributed by atoms with Crippen LogP contribution in [-0.4, -0.2) is 47.6 Å². The van der Waals surface area contributed by atoms with E-state index in [1.54, 1.807) is 0 Å². The number of nitrogens with zero attached hydrogens (tertiary/aromatic N) is 1. The third kappa shape index (κ3) is 4.92. The summed E-state index contributed by atoms with van der Waals surface area (Å²) in [4.78, 5) is 16.7. The molecule has 5 atom stereocenters. The van der Waals surface area contributed by atoms with Crippen LogP contribution in [0.1, 0.15) is 52.2 Å². The van der Waals surface area contributed by atoms with Gasteiger partial charge in [0, 0.05) is 31.6 Å². The Hall–Kier alpha value is -2.37. The van der Waals surface area contributed by atoms with Gasteiger partial charge in [-0.15, -0.1) is 0 Å². The molecule has 0 aromatic heterocycles. The number of carbonyl (C=O) groups is 1. The minimum Gasteiger partial charge on any atom is -0.488 e. The van der Waals surface area contributed by atoms with Crippen molar-refractivity contribution in [2.45, 2.75) is 71.2 Å². The minimum absolute atomic E-state index is 0.176. The van der Waals surface area contributed by atoms with Gasteiger partial charge in [-0.05, 0) is 81.2 Å². The molecule has 6 rings (SSSR count). The Kier molecular flexibility index (Phi) is 6.90. The van der Waals surface area contributed by atoms with Crippen LogP contribution in [0.25, 0.3) is 0 Å². The molecule has 36 heavy (non-hydrogen) atoms. The summed E-state index contributed by atoms with van der Waals surface area (Å²) in [5, 5.41) is 7.15. The maximum atomic E-state index is 14.1. The lowest BCUT2D eigenvalue weighted by atomic mass is 9.58. The molecule has 5 heteroatoms. The molecule has 4 fully saturated rings. The average Bonchev–Trinajstić information content (AvgIpc) is 3.08. The van der Waals surface area contributed by atoms with Gasteiger partial charge >= 0.3 is 0 Å². The topological polar surface area (TPSA) is 53.6 Å². The van der Waals surface area contributed by atoms with Crippen LogP contribution in [0, 0.1) is 23.7 Å². The molecule has 2 N–H and O–H groups in total. The number of piperidine rings is 2. The first kappa shape index (κ1) is 25.3. The first-order chi connectivity index (χ1) is 17.2. The van der Waals surface area contributed by atoms with Gasteiger partial charge < -0.3 is 15.4 Å². The third-order valence-electron chi connectivity index (χ3n) is 8.30. The van der Waals surface area contributed by atoms with Crippen molar-refractivity contribution in [2.75, 3.05) is 19.6 Å². The molecule has 5 nitrogen and oxygen atoms in total. The van der Waals surface area contributed by atoms with Crippen LogP contribution in [0.3, 0.4) is 0 Å². The van der Waals surface area contributed by atoms with E-state index in [-0.39, 0.29) is 17.6 Å². The van der Waals surface area contributed by atoms with Crippen LogP contribution < -0.4 is 15.4 Å². The number of fused-ring (bicyclic) bond motifs is 1. The molecule has 1 aliphatic carbocycles. The summed E-state index contributed by atoms with van der Waals surface area (Å²) in [7, 11) is 0. The maximum Gasteiger partial charge on any atom is 0.242 e. The summed E-state index contributed by atoms with van der Waals surface area (Å²) in [6.07, 6.45) is 2.19. The van der Waals surface area contributed by atoms with Crippen LogP contribution in [0.5, 0.6) is 5.75 Å². The van der Waals surface area contributed by atoms with Crippen molar-refractivity contribution in [2.24, 2.45) is 23.7 Å². The van der Waals surface area contributed by atoms with Gasteiger partial charge in [-0.3, -0.25) is 9.69 Å². The number of benzene rings is 2. The van der Waals surface area contributed by atoms with Crippen LogP contribution >= 0.6 is 0 Å². The molecule has 2 aromatic rings. The highest BCUT2D eigenvalue weighted by Crippen LogP contribution is 2.53. The van der Waals surface area contributed by atoms with Gasteiger partial charge in [0.25, 0.3) is 0 Å². The fraction of sp³-hybridized carbons (Fsp3) is 0.581. The van der Waals surface area contributed by atoms with Gasteiger partial charge in [0.2, 0.25) is 5.91 Å². The number of amides is 1. The summed E-state index contributed by atoms with van der Waals surface area (Å²) in [5.41, 5.74) is 1.75. The van der Waals surface area contributed by atoms with E-state index in [0.717, 1.165) is 43.8 Å². The zero-order chi connectivity index (χ0) is 25.5. The monoisotopic (exact) mass is 489 g/mol. The van der Waals surface area contributed by atoms with Gasteiger partial charge in [0.1, 0.15) is 16.9 Å². The smallest absolute Gasteiger partial charge is 0.242 e. The second-order valence-electron chi connectivity index (χ2n) is 12.6. The summed E-state index contributed by atoms with van der Waals surface area (Å²) in [6.45, 7) is 14.3. The minimum atomic E-state index is -0.502. The predicted molar refractivity (Wildman–Crippen MR) is 145 cm³/mol. The Balaban J connectivity index is 1.35. The van der Waals surface area contributed by atoms with Gasteiger partial charge in [-0.2, -0.15) is 0 Å². The van der Waals surface area contributed by atoms with E-state index < -0.39 is 5.54 Å². The van der Waals surface area contributed by atoms with Crippen LogP contribution in [0.2, 0.25) is 0 Å². The zero-order valence-electron chi connectivity index (χ0n) is 22.6. The van der Waals surface area contributed by atoms with E-state index in [1.165, 1.54) is 5.56 Å². The van der Waals surface area contributed by atoms with Crippen molar-refractivity contribution in [3.05, 3.63) is 65.7 Å². The first-order valence-electron chi connectivity index (χ1n) is 13.7. The summed E-state index contributed by atoms with van der Waals surface area (Å²) in [5.74, 6) is 3.10. The SMILES string of the molecule is CC(C)CN1C[C@@H]2C[C@H]3CN[C@]2(C(=O)NCc2ccc(OC(C)(C)C)cc2)C1[C@@H]3Cc1ccccc1. The molecule has 1 amide bonds. The molecule has 194 valence electrons. The molecule has 3 aliphatic heterocycles. The van der Waals surface area contributed by atoms with Crippen molar-refractivity contribution >= 4 is 5.91 Å². The Morgan fingerprint density at radius 1 is 1.11 bits per heavy atom. The van der Waals surface area contributed by atoms with E-state index in [4.69, 9.17) is 4.74 Å². The highest BCUT2D eigenvalue weighted by Gasteiger charge is 2.67. The highest BCUT2D eigenvalue weighted by atomic mass is 16.5. The van der Waals surface area contributed by atoms with E-state index in [1.807, 2.05) is 32.9 Å². The number of hydrogen-bond acceptors (Lipinski definition) is 4. The number of hydrogen-bond donors (Lipinski definition) is 2. The molecule has 3 saturated heterocycles. The van der Waals surface area contributed by atoms with E-state index in [0.29, 0.717) is 30.2 Å². The highest BCUT2D eigenvalue weighted by molar-refractivity contribution is 5.89. The molecule has 0 radical (unpaired) electrons. The number of likely N-dealkylation sites (tertiary alicyclic amines) is 1. The van der Waals surface area contributed by atoms with Crippen molar-refractivity contribution in [1.29, 1.82) is 0 Å². The number of nitrogens with one attached hydrogen (secondary N) is 2. The fourth-order valence-electron chi connectivity index (χ4n) is 7.10. The molecular weight excluding hydrogens is 446 g/mol. The fourth-order valence-corrected chi connectivity index (χ4v) is 7.10. The first-order valence-corrected chi connectivity index (χ1v) is 13.7. The number of carbonyl (C=O) groups excluding carboxylic acids is 1. The maximum absolute atomic E-state index is 14.1. The number of ether oxygens (including phenoxy) is 1. The van der Waals surface area contributed by atoms with Crippen molar-refractivity contribution in [3.8, 4) is 5.75 Å². The van der Waals surface area contributed by atoms with Crippen molar-refractivity contribution in [1.82, 2.24) is 15.5 Å². The lowest BCUT2D eigenvalue weighted by molar-refractivity contribution is -0.138. The Morgan fingerprint density at radius 3 is 2.50 bits per heavy atom. The summed E-state index contributed by atoms with van der Waals surface area (Å²) < 4.78 is 5.95. The molecule has 2 aromatic carbocycles. The van der Waals surface area contributed by atoms with Crippen LogP contribution in [0.15, 0.2) is 54.6 Å². The summed E-state index contributed by atoms with van der Waals surface area (Å²) >= 11 is 0. The van der Waals surface area contributed by atoms with E-state index in [2.05, 4.69) is 71.8 Å². The average molecular weight is 490 g/mol. The Labute approximate surface area is 217 Å². The zero-order valence-corrected chi connectivity index (χ0v) is 22.6. The van der Waals surface area contributed by atoms with Crippen molar-refractivity contribution in [3.63, 3.8) is 0 Å². The standard InChI is InChI=1S/C31H43N3O2/c1-21(2)19-34-20-25-16-24-18-33-31(25,28(34)27(24)15-22-9-7-6-8-10-22)29(35)32-17-23-11-13-26(14-12-23)36-30(3,4)5/h6-14,21,24-25,27-28,33H,15-20H2,1-5H3,(H,32,35)/t24-,25-,27+,28?,31-/m0/s1. The molecular formula is C31H43N3O2. The van der Waals surface area contributed by atoms with E-state index >= 15 is 0 Å². The van der Waals surface area contributed by atoms with Gasteiger partial charge in [0.05, 0.1) is 0 Å². The van der Waals surface area contributed by atoms with Crippen LogP contribution in [0.4, 0.5) is 0 Å². The molecule has 1 unspecified atom stereocenters. The lowest BCUT2D eigenvalue weighted by Gasteiger charge is -2.56. The van der Waals surface area contributed by atoms with Gasteiger partial charge in [-0.25, -0.2) is 0 Å². The molecule has 4 aliphatic rings. The van der Waals surface area contributed by atoms with Gasteiger partial charge in [0.15, 0.2) is 0 Å². The molecule has 3 heterocycles. The normalized spacial score (nSPS) is 29.5. The molecule has 4 bridgehead atoms.